The summed E-state index contributed by atoms with van der Waals surface area (Å²) in [4.78, 5) is 11.6. The fourth-order valence-electron chi connectivity index (χ4n) is 1.88. The van der Waals surface area contributed by atoms with Gasteiger partial charge >= 0.3 is 0 Å². The number of carbonyl (C=O) groups is 1. The fraction of sp³-hybridized carbons (Fsp3) is 0.235. The van der Waals surface area contributed by atoms with Gasteiger partial charge < -0.3 is 9.47 Å². The molecule has 0 bridgehead atoms. The molecule has 2 aromatic rings. The minimum Gasteiger partial charge on any atom is -0.467 e. The van der Waals surface area contributed by atoms with Gasteiger partial charge in [-0.15, -0.1) is 0 Å². The number of benzene rings is 2. The minimum absolute atomic E-state index is 0.00763. The maximum Gasteiger partial charge on any atom is 0.189 e. The van der Waals surface area contributed by atoms with Crippen molar-refractivity contribution >= 4 is 5.78 Å². The lowest BCUT2D eigenvalue weighted by atomic mass is 10.1. The number of ketones is 1. The fourth-order valence-corrected chi connectivity index (χ4v) is 1.88. The molecule has 0 aromatic heterocycles. The van der Waals surface area contributed by atoms with Crippen LogP contribution in [-0.2, 0) is 11.3 Å². The summed E-state index contributed by atoms with van der Waals surface area (Å²) in [6.45, 7) is 4.09. The van der Waals surface area contributed by atoms with Crippen LogP contribution in [0.25, 0.3) is 0 Å². The molecule has 0 radical (unpaired) electrons. The topological polar surface area (TPSA) is 35.5 Å². The van der Waals surface area contributed by atoms with Crippen LogP contribution in [0, 0.1) is 6.92 Å². The number of Topliss-reactive ketones (excluding diaryl/α,β-unsaturated/α-hetero) is 1. The molecule has 0 spiro atoms. The van der Waals surface area contributed by atoms with Crippen LogP contribution in [0.3, 0.4) is 0 Å². The highest BCUT2D eigenvalue weighted by molar-refractivity contribution is 5.97. The van der Waals surface area contributed by atoms with Gasteiger partial charge in [-0.3, -0.25) is 4.79 Å². The van der Waals surface area contributed by atoms with Crippen LogP contribution >= 0.6 is 0 Å². The van der Waals surface area contributed by atoms with E-state index in [9.17, 15) is 4.79 Å². The second-order valence-electron chi connectivity index (χ2n) is 4.65. The van der Waals surface area contributed by atoms with E-state index >= 15 is 0 Å². The zero-order valence-electron chi connectivity index (χ0n) is 11.8. The average molecular weight is 270 g/mol. The van der Waals surface area contributed by atoms with Gasteiger partial charge in [0, 0.05) is 0 Å². The maximum absolute atomic E-state index is 11.6. The van der Waals surface area contributed by atoms with E-state index in [1.165, 1.54) is 6.92 Å². The standard InChI is InChI=1S/C17H18O3/c1-13-8-9-17(16(10-13)14(2)18)20-12-19-11-15-6-4-3-5-7-15/h3-10H,11-12H2,1-2H3. The summed E-state index contributed by atoms with van der Waals surface area (Å²) < 4.78 is 11.0. The van der Waals surface area contributed by atoms with Crippen molar-refractivity contribution in [1.29, 1.82) is 0 Å². The lowest BCUT2D eigenvalue weighted by Crippen LogP contribution is -2.06. The molecule has 0 atom stereocenters. The summed E-state index contributed by atoms with van der Waals surface area (Å²) >= 11 is 0. The van der Waals surface area contributed by atoms with Gasteiger partial charge in [-0.05, 0) is 31.5 Å². The normalized spacial score (nSPS) is 10.3. The maximum atomic E-state index is 11.6. The van der Waals surface area contributed by atoms with E-state index in [1.54, 1.807) is 6.07 Å². The monoisotopic (exact) mass is 270 g/mol. The van der Waals surface area contributed by atoms with Crippen LogP contribution in [0.2, 0.25) is 0 Å². The molecular weight excluding hydrogens is 252 g/mol. The highest BCUT2D eigenvalue weighted by atomic mass is 16.7. The number of hydrogen-bond donors (Lipinski definition) is 0. The number of ether oxygens (including phenoxy) is 2. The average Bonchev–Trinajstić information content (AvgIpc) is 2.45. The molecule has 2 aromatic carbocycles. The molecule has 0 saturated heterocycles. The molecule has 0 amide bonds. The first kappa shape index (κ1) is 14.3. The lowest BCUT2D eigenvalue weighted by molar-refractivity contribution is 0.00468. The smallest absolute Gasteiger partial charge is 0.189 e. The molecule has 20 heavy (non-hydrogen) atoms. The Morgan fingerprint density at radius 1 is 1.10 bits per heavy atom. The Morgan fingerprint density at radius 2 is 1.85 bits per heavy atom. The quantitative estimate of drug-likeness (QED) is 0.455. The third-order valence-corrected chi connectivity index (χ3v) is 2.92. The predicted molar refractivity (Wildman–Crippen MR) is 77.9 cm³/mol. The van der Waals surface area contributed by atoms with Crippen molar-refractivity contribution in [3.8, 4) is 5.75 Å². The molecule has 0 aliphatic rings. The Kier molecular flexibility index (Phi) is 4.91. The molecular formula is C17H18O3. The highest BCUT2D eigenvalue weighted by Gasteiger charge is 2.08. The van der Waals surface area contributed by atoms with Crippen LogP contribution in [0.15, 0.2) is 48.5 Å². The number of carbonyl (C=O) groups excluding carboxylic acids is 1. The van der Waals surface area contributed by atoms with E-state index in [0.717, 1.165) is 11.1 Å². The van der Waals surface area contributed by atoms with Crippen molar-refractivity contribution in [2.75, 3.05) is 6.79 Å². The van der Waals surface area contributed by atoms with Crippen LogP contribution in [0.4, 0.5) is 0 Å². The van der Waals surface area contributed by atoms with Crippen LogP contribution in [-0.4, -0.2) is 12.6 Å². The van der Waals surface area contributed by atoms with Crippen molar-refractivity contribution in [3.05, 3.63) is 65.2 Å². The Hall–Kier alpha value is -2.13. The number of hydrogen-bond acceptors (Lipinski definition) is 3. The van der Waals surface area contributed by atoms with Crippen molar-refractivity contribution in [1.82, 2.24) is 0 Å². The first-order valence-corrected chi connectivity index (χ1v) is 6.53. The summed E-state index contributed by atoms with van der Waals surface area (Å²) in [5, 5.41) is 0. The first-order valence-electron chi connectivity index (χ1n) is 6.53. The highest BCUT2D eigenvalue weighted by Crippen LogP contribution is 2.20. The van der Waals surface area contributed by atoms with Gasteiger partial charge in [-0.25, -0.2) is 0 Å². The van der Waals surface area contributed by atoms with Gasteiger partial charge in [0.15, 0.2) is 12.6 Å². The van der Waals surface area contributed by atoms with E-state index in [-0.39, 0.29) is 12.6 Å². The second kappa shape index (κ2) is 6.87. The lowest BCUT2D eigenvalue weighted by Gasteiger charge is -2.11. The van der Waals surface area contributed by atoms with Crippen molar-refractivity contribution in [2.45, 2.75) is 20.5 Å². The van der Waals surface area contributed by atoms with Gasteiger partial charge in [0.2, 0.25) is 0 Å². The SMILES string of the molecule is CC(=O)c1cc(C)ccc1OCOCc1ccccc1. The van der Waals surface area contributed by atoms with Crippen LogP contribution in [0.1, 0.15) is 28.4 Å². The molecule has 0 aliphatic carbocycles. The summed E-state index contributed by atoms with van der Waals surface area (Å²) in [5.41, 5.74) is 2.72. The van der Waals surface area contributed by atoms with Gasteiger partial charge in [0.25, 0.3) is 0 Å². The van der Waals surface area contributed by atoms with Crippen molar-refractivity contribution in [2.24, 2.45) is 0 Å². The van der Waals surface area contributed by atoms with Crippen molar-refractivity contribution < 1.29 is 14.3 Å². The van der Waals surface area contributed by atoms with Gasteiger partial charge in [-0.2, -0.15) is 0 Å². The Labute approximate surface area is 119 Å². The summed E-state index contributed by atoms with van der Waals surface area (Å²) in [5.74, 6) is 0.558. The number of rotatable bonds is 6. The molecule has 0 fully saturated rings. The molecule has 3 heteroatoms. The van der Waals surface area contributed by atoms with E-state index in [0.29, 0.717) is 17.9 Å². The number of aryl methyl sites for hydroxylation is 1. The predicted octanol–water partition coefficient (Wildman–Crippen LogP) is 3.75. The van der Waals surface area contributed by atoms with Crippen LogP contribution < -0.4 is 4.74 Å². The van der Waals surface area contributed by atoms with Gasteiger partial charge in [-0.1, -0.05) is 42.0 Å². The van der Waals surface area contributed by atoms with E-state index < -0.39 is 0 Å². The molecule has 0 unspecified atom stereocenters. The molecule has 2 rings (SSSR count). The van der Waals surface area contributed by atoms with E-state index in [4.69, 9.17) is 9.47 Å². The van der Waals surface area contributed by atoms with Gasteiger partial charge in [0.1, 0.15) is 5.75 Å². The first-order chi connectivity index (χ1) is 9.66. The molecule has 3 nitrogen and oxygen atoms in total. The summed E-state index contributed by atoms with van der Waals surface area (Å²) in [6, 6.07) is 15.4. The van der Waals surface area contributed by atoms with E-state index in [2.05, 4.69) is 0 Å². The Balaban J connectivity index is 1.90. The molecule has 104 valence electrons. The molecule has 0 saturated carbocycles. The van der Waals surface area contributed by atoms with Crippen LogP contribution in [0.5, 0.6) is 5.75 Å². The summed E-state index contributed by atoms with van der Waals surface area (Å²) in [6.07, 6.45) is 0. The molecule has 0 N–H and O–H groups in total. The third kappa shape index (κ3) is 3.93. The second-order valence-corrected chi connectivity index (χ2v) is 4.65. The Bertz CT molecular complexity index is 576. The zero-order chi connectivity index (χ0) is 14.4. The summed E-state index contributed by atoms with van der Waals surface area (Å²) in [7, 11) is 0. The van der Waals surface area contributed by atoms with Gasteiger partial charge in [0.05, 0.1) is 12.2 Å². The van der Waals surface area contributed by atoms with E-state index in [1.807, 2.05) is 49.4 Å². The molecule has 0 aliphatic heterocycles. The minimum atomic E-state index is -0.00763. The zero-order valence-corrected chi connectivity index (χ0v) is 11.8. The molecule has 0 heterocycles. The van der Waals surface area contributed by atoms with Crippen molar-refractivity contribution in [3.63, 3.8) is 0 Å². The Morgan fingerprint density at radius 3 is 2.55 bits per heavy atom. The largest absolute Gasteiger partial charge is 0.467 e. The third-order valence-electron chi connectivity index (χ3n) is 2.92.